The molecule has 1 N–H and O–H groups in total. The van der Waals surface area contributed by atoms with E-state index >= 15 is 0 Å². The van der Waals surface area contributed by atoms with Crippen LogP contribution in [0.3, 0.4) is 0 Å². The Morgan fingerprint density at radius 2 is 1.74 bits per heavy atom. The molecule has 2 heterocycles. The number of hydrogen-bond acceptors (Lipinski definition) is 3. The van der Waals surface area contributed by atoms with Gasteiger partial charge in [0.25, 0.3) is 0 Å². The Bertz CT molecular complexity index is 891. The van der Waals surface area contributed by atoms with Crippen LogP contribution < -0.4 is 5.32 Å². The van der Waals surface area contributed by atoms with Crippen molar-refractivity contribution in [2.24, 2.45) is 0 Å². The summed E-state index contributed by atoms with van der Waals surface area (Å²) in [6.07, 6.45) is 0.802. The summed E-state index contributed by atoms with van der Waals surface area (Å²) >= 11 is 3.36. The quantitative estimate of drug-likeness (QED) is 0.594. The zero-order chi connectivity index (χ0) is 18.8. The number of thiophene rings is 1. The summed E-state index contributed by atoms with van der Waals surface area (Å²) < 4.78 is 0. The van der Waals surface area contributed by atoms with E-state index in [1.54, 1.807) is 23.1 Å². The predicted octanol–water partition coefficient (Wildman–Crippen LogP) is 5.79. The maximum Gasteiger partial charge on any atom is 0.234 e. The molecule has 0 spiro atoms. The Morgan fingerprint density at radius 1 is 1.00 bits per heavy atom. The maximum atomic E-state index is 13.0. The third kappa shape index (κ3) is 3.97. The van der Waals surface area contributed by atoms with Crippen molar-refractivity contribution in [3.63, 3.8) is 0 Å². The van der Waals surface area contributed by atoms with Gasteiger partial charge in [0.05, 0.1) is 11.3 Å². The van der Waals surface area contributed by atoms with E-state index in [-0.39, 0.29) is 17.2 Å². The Labute approximate surface area is 169 Å². The minimum Gasteiger partial charge on any atom is -0.343 e. The van der Waals surface area contributed by atoms with Crippen LogP contribution in [0.2, 0.25) is 0 Å². The zero-order valence-corrected chi connectivity index (χ0v) is 17.1. The van der Waals surface area contributed by atoms with Crippen LogP contribution in [-0.4, -0.2) is 11.2 Å². The molecule has 2 aromatic carbocycles. The monoisotopic (exact) mass is 393 g/mol. The van der Waals surface area contributed by atoms with Gasteiger partial charge in [-0.15, -0.1) is 23.1 Å². The molecule has 0 saturated heterocycles. The van der Waals surface area contributed by atoms with Crippen molar-refractivity contribution in [3.8, 4) is 0 Å². The van der Waals surface area contributed by atoms with E-state index in [9.17, 15) is 4.79 Å². The highest BCUT2D eigenvalue weighted by Gasteiger charge is 2.30. The van der Waals surface area contributed by atoms with Gasteiger partial charge in [0.2, 0.25) is 5.91 Å². The molecule has 2 nitrogen and oxygen atoms in total. The molecule has 1 aromatic heterocycles. The summed E-state index contributed by atoms with van der Waals surface area (Å²) in [6, 6.07) is 21.0. The fraction of sp³-hybridized carbons (Fsp3) is 0.261. The number of benzene rings is 2. The molecule has 1 aliphatic heterocycles. The number of carbonyl (C=O) groups is 1. The summed E-state index contributed by atoms with van der Waals surface area (Å²) in [5, 5.41) is 5.32. The van der Waals surface area contributed by atoms with Crippen LogP contribution in [0, 0.1) is 0 Å². The first-order valence-electron chi connectivity index (χ1n) is 9.30. The molecule has 0 bridgehead atoms. The lowest BCUT2D eigenvalue weighted by Crippen LogP contribution is -2.35. The first kappa shape index (κ1) is 18.3. The topological polar surface area (TPSA) is 29.1 Å². The van der Waals surface area contributed by atoms with Gasteiger partial charge in [-0.05, 0) is 46.5 Å². The smallest absolute Gasteiger partial charge is 0.234 e. The van der Waals surface area contributed by atoms with E-state index in [2.05, 4.69) is 67.0 Å². The molecule has 0 fully saturated rings. The highest BCUT2D eigenvalue weighted by molar-refractivity contribution is 8.01. The van der Waals surface area contributed by atoms with Crippen molar-refractivity contribution < 1.29 is 4.79 Å². The minimum atomic E-state index is -0.0944. The van der Waals surface area contributed by atoms with Crippen molar-refractivity contribution in [3.05, 3.63) is 87.6 Å². The van der Waals surface area contributed by atoms with Gasteiger partial charge in [0, 0.05) is 9.77 Å². The van der Waals surface area contributed by atoms with Crippen LogP contribution in [0.4, 0.5) is 0 Å². The van der Waals surface area contributed by atoms with Crippen LogP contribution in [0.5, 0.6) is 0 Å². The van der Waals surface area contributed by atoms with Gasteiger partial charge in [-0.3, -0.25) is 4.79 Å². The van der Waals surface area contributed by atoms with Crippen LogP contribution >= 0.6 is 23.1 Å². The highest BCUT2D eigenvalue weighted by Crippen LogP contribution is 2.37. The number of fused-ring (bicyclic) bond motifs is 1. The second-order valence-electron chi connectivity index (χ2n) is 7.20. The lowest BCUT2D eigenvalue weighted by atomic mass is 9.98. The third-order valence-electron chi connectivity index (χ3n) is 4.99. The third-order valence-corrected chi connectivity index (χ3v) is 7.24. The molecular formula is C23H23NOS2. The molecule has 138 valence electrons. The molecule has 0 radical (unpaired) electrons. The van der Waals surface area contributed by atoms with Gasteiger partial charge >= 0.3 is 0 Å². The molecule has 0 aliphatic carbocycles. The van der Waals surface area contributed by atoms with E-state index < -0.39 is 0 Å². The molecule has 2 unspecified atom stereocenters. The molecule has 0 saturated carbocycles. The van der Waals surface area contributed by atoms with E-state index in [0.29, 0.717) is 5.92 Å². The molecule has 4 heteroatoms. The van der Waals surface area contributed by atoms with Gasteiger partial charge < -0.3 is 5.32 Å². The maximum absolute atomic E-state index is 13.0. The summed E-state index contributed by atoms with van der Waals surface area (Å²) in [5.41, 5.74) is 3.73. The number of nitrogens with one attached hydrogen (secondary N) is 1. The predicted molar refractivity (Wildman–Crippen MR) is 115 cm³/mol. The second-order valence-corrected chi connectivity index (χ2v) is 9.42. The average Bonchev–Trinajstić information content (AvgIpc) is 3.35. The Morgan fingerprint density at radius 3 is 2.41 bits per heavy atom. The Balaban J connectivity index is 1.55. The molecular weight excluding hydrogens is 370 g/mol. The minimum absolute atomic E-state index is 0.0557. The number of hydrogen-bond donors (Lipinski definition) is 1. The summed E-state index contributed by atoms with van der Waals surface area (Å²) in [7, 11) is 0. The SMILES string of the molecule is CC(C)c1ccc(C(NC(=O)C2Cc3ccccc3S2)c2cccs2)cc1. The molecule has 2 atom stereocenters. The summed E-state index contributed by atoms with van der Waals surface area (Å²) in [4.78, 5) is 15.4. The van der Waals surface area contributed by atoms with Crippen molar-refractivity contribution >= 4 is 29.0 Å². The van der Waals surface area contributed by atoms with Gasteiger partial charge in [0.15, 0.2) is 0 Å². The van der Waals surface area contributed by atoms with E-state index in [1.807, 2.05) is 18.2 Å². The zero-order valence-electron chi connectivity index (χ0n) is 15.5. The number of rotatable bonds is 5. The lowest BCUT2D eigenvalue weighted by Gasteiger charge is -2.21. The molecule has 27 heavy (non-hydrogen) atoms. The second kappa shape index (κ2) is 7.91. The number of amides is 1. The van der Waals surface area contributed by atoms with Crippen LogP contribution in [0.15, 0.2) is 70.9 Å². The normalized spacial score (nSPS) is 16.9. The Kier molecular flexibility index (Phi) is 5.37. The number of carbonyl (C=O) groups excluding carboxylic acids is 1. The van der Waals surface area contributed by atoms with Crippen molar-refractivity contribution in [1.82, 2.24) is 5.32 Å². The van der Waals surface area contributed by atoms with Crippen molar-refractivity contribution in [1.29, 1.82) is 0 Å². The Hall–Kier alpha value is -2.04. The highest BCUT2D eigenvalue weighted by atomic mass is 32.2. The van der Waals surface area contributed by atoms with Crippen molar-refractivity contribution in [2.45, 2.75) is 42.4 Å². The average molecular weight is 394 g/mol. The van der Waals surface area contributed by atoms with Gasteiger partial charge in [-0.1, -0.05) is 62.4 Å². The standard InChI is InChI=1S/C23H23NOS2/c1-15(2)16-9-11-17(12-10-16)22(20-8-5-13-26-20)24-23(25)21-14-18-6-3-4-7-19(18)27-21/h3-13,15,21-22H,14H2,1-2H3,(H,24,25). The largest absolute Gasteiger partial charge is 0.343 e. The van der Waals surface area contributed by atoms with Gasteiger partial charge in [0.1, 0.15) is 0 Å². The first-order valence-corrected chi connectivity index (χ1v) is 11.1. The van der Waals surface area contributed by atoms with E-state index in [0.717, 1.165) is 12.0 Å². The molecule has 3 aromatic rings. The van der Waals surface area contributed by atoms with Gasteiger partial charge in [-0.2, -0.15) is 0 Å². The van der Waals surface area contributed by atoms with Crippen LogP contribution in [0.1, 0.15) is 47.4 Å². The number of thioether (sulfide) groups is 1. The van der Waals surface area contributed by atoms with Crippen molar-refractivity contribution in [2.75, 3.05) is 0 Å². The molecule has 4 rings (SSSR count). The molecule has 1 amide bonds. The van der Waals surface area contributed by atoms with Crippen LogP contribution in [0.25, 0.3) is 0 Å². The fourth-order valence-corrected chi connectivity index (χ4v) is 5.42. The fourth-order valence-electron chi connectivity index (χ4n) is 3.41. The summed E-state index contributed by atoms with van der Waals surface area (Å²) in [6.45, 7) is 4.39. The first-order chi connectivity index (χ1) is 13.1. The van der Waals surface area contributed by atoms with E-state index in [1.165, 1.54) is 20.9 Å². The van der Waals surface area contributed by atoms with Crippen LogP contribution in [-0.2, 0) is 11.2 Å². The summed E-state index contributed by atoms with van der Waals surface area (Å²) in [5.74, 6) is 0.616. The van der Waals surface area contributed by atoms with Gasteiger partial charge in [-0.25, -0.2) is 0 Å². The van der Waals surface area contributed by atoms with E-state index in [4.69, 9.17) is 0 Å². The lowest BCUT2D eigenvalue weighted by molar-refractivity contribution is -0.121. The molecule has 1 aliphatic rings.